The summed E-state index contributed by atoms with van der Waals surface area (Å²) in [4.78, 5) is 11.2. The molecule has 80 valence electrons. The van der Waals surface area contributed by atoms with Gasteiger partial charge in [0.15, 0.2) is 5.78 Å². The maximum Gasteiger partial charge on any atom is 0.160 e. The highest BCUT2D eigenvalue weighted by atomic mass is 32.1. The Morgan fingerprint density at radius 3 is 2.87 bits per heavy atom. The van der Waals surface area contributed by atoms with Crippen LogP contribution in [0.25, 0.3) is 6.08 Å². The summed E-state index contributed by atoms with van der Waals surface area (Å²) in [6.07, 6.45) is 4.45. The molecule has 0 aliphatic heterocycles. The fraction of sp³-hybridized carbons (Fsp3) is 0.250. The van der Waals surface area contributed by atoms with Crippen molar-refractivity contribution in [1.82, 2.24) is 0 Å². The summed E-state index contributed by atoms with van der Waals surface area (Å²) in [6.45, 7) is 1.48. The number of rotatable bonds is 4. The van der Waals surface area contributed by atoms with Gasteiger partial charge in [0.25, 0.3) is 0 Å². The number of Topliss-reactive ketones (excluding diaryl/α,β-unsaturated/α-hetero) is 1. The van der Waals surface area contributed by atoms with Gasteiger partial charge in [-0.3, -0.25) is 4.79 Å². The van der Waals surface area contributed by atoms with Crippen molar-refractivity contribution in [2.45, 2.75) is 13.3 Å². The Bertz CT molecular complexity index is 385. The van der Waals surface area contributed by atoms with E-state index in [2.05, 4.69) is 12.6 Å². The molecule has 1 aromatic carbocycles. The Labute approximate surface area is 94.4 Å². The molecule has 0 saturated carbocycles. The summed E-state index contributed by atoms with van der Waals surface area (Å²) < 4.78 is 13.0. The van der Waals surface area contributed by atoms with Crippen molar-refractivity contribution >= 4 is 24.5 Å². The molecule has 15 heavy (non-hydrogen) atoms. The lowest BCUT2D eigenvalue weighted by Crippen LogP contribution is -1.96. The number of thiol groups is 1. The van der Waals surface area contributed by atoms with Gasteiger partial charge in [0.2, 0.25) is 0 Å². The minimum Gasteiger partial charge on any atom is -0.294 e. The van der Waals surface area contributed by atoms with Crippen LogP contribution in [0, 0.1) is 5.82 Å². The van der Waals surface area contributed by atoms with Gasteiger partial charge in [-0.15, -0.1) is 0 Å². The zero-order valence-electron chi connectivity index (χ0n) is 8.53. The monoisotopic (exact) mass is 224 g/mol. The molecule has 0 unspecified atom stereocenters. The number of hydrogen-bond acceptors (Lipinski definition) is 2. The van der Waals surface area contributed by atoms with E-state index >= 15 is 0 Å². The highest BCUT2D eigenvalue weighted by Gasteiger charge is 2.05. The SMILES string of the molecule is CC(=O)c1ccc(F)cc1C=CCCS. The van der Waals surface area contributed by atoms with Gasteiger partial charge in [-0.2, -0.15) is 12.6 Å². The average molecular weight is 224 g/mol. The summed E-state index contributed by atoms with van der Waals surface area (Å²) in [6, 6.07) is 4.18. The molecule has 3 heteroatoms. The first-order chi connectivity index (χ1) is 7.15. The van der Waals surface area contributed by atoms with Crippen LogP contribution in [0.4, 0.5) is 4.39 Å². The Hall–Kier alpha value is -1.09. The van der Waals surface area contributed by atoms with Crippen LogP contribution in [0.15, 0.2) is 24.3 Å². The van der Waals surface area contributed by atoms with E-state index in [0.29, 0.717) is 11.1 Å². The van der Waals surface area contributed by atoms with Gasteiger partial charge >= 0.3 is 0 Å². The standard InChI is InChI=1S/C12H13FOS/c1-9(14)12-6-5-11(13)8-10(12)4-2-3-7-15/h2,4-6,8,15H,3,7H2,1H3. The highest BCUT2D eigenvalue weighted by Crippen LogP contribution is 2.14. The van der Waals surface area contributed by atoms with Crippen LogP contribution in [-0.4, -0.2) is 11.5 Å². The number of carbonyl (C=O) groups excluding carboxylic acids is 1. The zero-order valence-corrected chi connectivity index (χ0v) is 9.43. The molecule has 1 rings (SSSR count). The largest absolute Gasteiger partial charge is 0.294 e. The van der Waals surface area contributed by atoms with Crippen LogP contribution in [-0.2, 0) is 0 Å². The van der Waals surface area contributed by atoms with Gasteiger partial charge < -0.3 is 0 Å². The van der Waals surface area contributed by atoms with Gasteiger partial charge in [0, 0.05) is 5.56 Å². The molecule has 0 aliphatic carbocycles. The van der Waals surface area contributed by atoms with Crippen molar-refractivity contribution in [3.63, 3.8) is 0 Å². The molecule has 0 N–H and O–H groups in total. The molecular weight excluding hydrogens is 211 g/mol. The Morgan fingerprint density at radius 2 is 2.27 bits per heavy atom. The number of hydrogen-bond donors (Lipinski definition) is 1. The van der Waals surface area contributed by atoms with Crippen molar-refractivity contribution in [1.29, 1.82) is 0 Å². The molecule has 0 bridgehead atoms. The van der Waals surface area contributed by atoms with Crippen LogP contribution < -0.4 is 0 Å². The Balaban J connectivity index is 3.02. The quantitative estimate of drug-likeness (QED) is 0.613. The number of benzene rings is 1. The van der Waals surface area contributed by atoms with E-state index in [1.165, 1.54) is 25.1 Å². The molecular formula is C12H13FOS. The summed E-state index contributed by atoms with van der Waals surface area (Å²) in [5.74, 6) is 0.354. The number of halogens is 1. The third-order valence-corrected chi connectivity index (χ3v) is 2.24. The van der Waals surface area contributed by atoms with Crippen LogP contribution in [0.5, 0.6) is 0 Å². The predicted molar refractivity (Wildman–Crippen MR) is 63.9 cm³/mol. The second-order valence-corrected chi connectivity index (χ2v) is 3.65. The van der Waals surface area contributed by atoms with Crippen molar-refractivity contribution in [3.05, 3.63) is 41.2 Å². The van der Waals surface area contributed by atoms with Crippen LogP contribution >= 0.6 is 12.6 Å². The molecule has 0 amide bonds. The van der Waals surface area contributed by atoms with Crippen molar-refractivity contribution in [3.8, 4) is 0 Å². The molecule has 0 atom stereocenters. The second kappa shape index (κ2) is 5.71. The lowest BCUT2D eigenvalue weighted by atomic mass is 10.0. The van der Waals surface area contributed by atoms with E-state index < -0.39 is 0 Å². The normalized spacial score (nSPS) is 10.9. The molecule has 0 aliphatic rings. The van der Waals surface area contributed by atoms with E-state index in [1.54, 1.807) is 6.08 Å². The lowest BCUT2D eigenvalue weighted by Gasteiger charge is -2.01. The maximum absolute atomic E-state index is 13.0. The van der Waals surface area contributed by atoms with Crippen molar-refractivity contribution < 1.29 is 9.18 Å². The smallest absolute Gasteiger partial charge is 0.160 e. The first kappa shape index (κ1) is 12.0. The molecule has 0 radical (unpaired) electrons. The van der Waals surface area contributed by atoms with Crippen molar-refractivity contribution in [2.75, 3.05) is 5.75 Å². The minimum atomic E-state index is -0.328. The predicted octanol–water partition coefficient (Wildman–Crippen LogP) is 3.36. The lowest BCUT2D eigenvalue weighted by molar-refractivity contribution is 0.101. The van der Waals surface area contributed by atoms with Gasteiger partial charge in [-0.25, -0.2) is 4.39 Å². The van der Waals surface area contributed by atoms with Crippen LogP contribution in [0.2, 0.25) is 0 Å². The fourth-order valence-electron chi connectivity index (χ4n) is 1.28. The van der Waals surface area contributed by atoms with E-state index in [-0.39, 0.29) is 11.6 Å². The number of allylic oxidation sites excluding steroid dienone is 1. The third-order valence-electron chi connectivity index (χ3n) is 1.99. The van der Waals surface area contributed by atoms with E-state index in [1.807, 2.05) is 6.08 Å². The topological polar surface area (TPSA) is 17.1 Å². The first-order valence-corrected chi connectivity index (χ1v) is 5.36. The Kier molecular flexibility index (Phi) is 4.56. The summed E-state index contributed by atoms with van der Waals surface area (Å²) in [5, 5.41) is 0. The van der Waals surface area contributed by atoms with Gasteiger partial charge in [0.05, 0.1) is 0 Å². The molecule has 0 spiro atoms. The molecule has 0 saturated heterocycles. The summed E-state index contributed by atoms with van der Waals surface area (Å²) in [5.41, 5.74) is 1.18. The molecule has 0 aromatic heterocycles. The van der Waals surface area contributed by atoms with Crippen molar-refractivity contribution in [2.24, 2.45) is 0 Å². The molecule has 0 fully saturated rings. The molecule has 0 heterocycles. The minimum absolute atomic E-state index is 0.0551. The van der Waals surface area contributed by atoms with Gasteiger partial charge in [-0.05, 0) is 42.9 Å². The second-order valence-electron chi connectivity index (χ2n) is 3.20. The van der Waals surface area contributed by atoms with Crippen LogP contribution in [0.1, 0.15) is 29.3 Å². The van der Waals surface area contributed by atoms with Crippen LogP contribution in [0.3, 0.4) is 0 Å². The summed E-state index contributed by atoms with van der Waals surface area (Å²) >= 11 is 4.06. The Morgan fingerprint density at radius 1 is 1.53 bits per heavy atom. The molecule has 1 aromatic rings. The zero-order chi connectivity index (χ0) is 11.3. The average Bonchev–Trinajstić information content (AvgIpc) is 2.18. The molecule has 1 nitrogen and oxygen atoms in total. The maximum atomic E-state index is 13.0. The third kappa shape index (κ3) is 3.51. The summed E-state index contributed by atoms with van der Waals surface area (Å²) in [7, 11) is 0. The van der Waals surface area contributed by atoms with Gasteiger partial charge in [0.1, 0.15) is 5.82 Å². The highest BCUT2D eigenvalue weighted by molar-refractivity contribution is 7.80. The first-order valence-electron chi connectivity index (χ1n) is 4.73. The van der Waals surface area contributed by atoms with E-state index in [4.69, 9.17) is 0 Å². The number of carbonyl (C=O) groups is 1. The number of ketones is 1. The van der Waals surface area contributed by atoms with E-state index in [0.717, 1.165) is 12.2 Å². The van der Waals surface area contributed by atoms with Gasteiger partial charge in [-0.1, -0.05) is 12.2 Å². The fourth-order valence-corrected chi connectivity index (χ4v) is 1.43. The van der Waals surface area contributed by atoms with E-state index in [9.17, 15) is 9.18 Å².